The highest BCUT2D eigenvalue weighted by Gasteiger charge is 2.29. The lowest BCUT2D eigenvalue weighted by molar-refractivity contribution is 0.422. The number of phenolic OH excluding ortho intramolecular Hbond substituents is 1. The maximum absolute atomic E-state index is 12.0. The monoisotopic (exact) mass is 311 g/mol. The van der Waals surface area contributed by atoms with Gasteiger partial charge in [0.2, 0.25) is 0 Å². The molecule has 0 saturated carbocycles. The van der Waals surface area contributed by atoms with Crippen molar-refractivity contribution in [3.63, 3.8) is 0 Å². The minimum atomic E-state index is -4.10. The van der Waals surface area contributed by atoms with Gasteiger partial charge in [-0.25, -0.2) is 8.42 Å². The third-order valence-corrected chi connectivity index (χ3v) is 4.26. The molecule has 0 atom stereocenters. The van der Waals surface area contributed by atoms with Gasteiger partial charge >= 0.3 is 0 Å². The van der Waals surface area contributed by atoms with E-state index in [1.165, 1.54) is 12.1 Å². The number of hydrogen-bond donors (Lipinski definition) is 1. The fraction of sp³-hybridized carbons (Fsp3) is 0.571. The van der Waals surface area contributed by atoms with Crippen LogP contribution >= 0.6 is 0 Å². The lowest BCUT2D eigenvalue weighted by Gasteiger charge is -2.27. The van der Waals surface area contributed by atoms with Crippen molar-refractivity contribution >= 4 is 10.0 Å². The van der Waals surface area contributed by atoms with Gasteiger partial charge < -0.3 is 5.11 Å². The van der Waals surface area contributed by atoms with Crippen LogP contribution in [0, 0.1) is 0 Å². The van der Waals surface area contributed by atoms with Crippen molar-refractivity contribution in [3.8, 4) is 5.75 Å². The van der Waals surface area contributed by atoms with Gasteiger partial charge in [-0.05, 0) is 28.5 Å². The zero-order valence-corrected chi connectivity index (χ0v) is 14.0. The Morgan fingerprint density at radius 2 is 1.43 bits per heavy atom. The number of aromatic hydroxyl groups is 1. The second-order valence-corrected chi connectivity index (χ2v) is 8.60. The highest BCUT2D eigenvalue weighted by atomic mass is 32.2. The predicted octanol–water partition coefficient (Wildman–Crippen LogP) is 3.99. The standard InChI is InChI=1S/C14H21N3O3S/c1-13(2,3)10-7-9(21(19,20)17-16-15)8-11(12(10)18)14(4,5)6/h7-8,18H,1-6H3. The van der Waals surface area contributed by atoms with Crippen molar-refractivity contribution in [1.29, 1.82) is 0 Å². The van der Waals surface area contributed by atoms with E-state index in [0.717, 1.165) is 0 Å². The molecule has 0 aliphatic carbocycles. The highest BCUT2D eigenvalue weighted by Crippen LogP contribution is 2.40. The molecule has 1 rings (SSSR count). The minimum Gasteiger partial charge on any atom is -0.507 e. The first kappa shape index (κ1) is 17.3. The molecule has 1 aromatic rings. The summed E-state index contributed by atoms with van der Waals surface area (Å²) >= 11 is 0. The molecule has 21 heavy (non-hydrogen) atoms. The highest BCUT2D eigenvalue weighted by molar-refractivity contribution is 7.90. The fourth-order valence-corrected chi connectivity index (χ4v) is 2.72. The van der Waals surface area contributed by atoms with Crippen LogP contribution in [0.2, 0.25) is 0 Å². The third kappa shape index (κ3) is 3.68. The van der Waals surface area contributed by atoms with E-state index in [1.54, 1.807) is 0 Å². The van der Waals surface area contributed by atoms with Crippen LogP contribution in [0.4, 0.5) is 0 Å². The topological polar surface area (TPSA) is 103 Å². The van der Waals surface area contributed by atoms with Gasteiger partial charge in [0, 0.05) is 20.6 Å². The number of benzene rings is 1. The van der Waals surface area contributed by atoms with Crippen LogP contribution in [0.1, 0.15) is 52.7 Å². The number of hydrogen-bond acceptors (Lipinski definition) is 3. The van der Waals surface area contributed by atoms with Crippen molar-refractivity contribution in [2.24, 2.45) is 4.52 Å². The molecule has 0 fully saturated rings. The Morgan fingerprint density at radius 1 is 1.05 bits per heavy atom. The Labute approximate surface area is 125 Å². The first-order chi connectivity index (χ1) is 9.30. The first-order valence-electron chi connectivity index (χ1n) is 6.50. The van der Waals surface area contributed by atoms with Gasteiger partial charge in [0.25, 0.3) is 10.0 Å². The van der Waals surface area contributed by atoms with Gasteiger partial charge in [-0.2, -0.15) is 0 Å². The smallest absolute Gasteiger partial charge is 0.264 e. The number of sulfonamides is 1. The molecule has 0 saturated heterocycles. The minimum absolute atomic E-state index is 0.0786. The molecule has 0 spiro atoms. The molecule has 0 radical (unpaired) electrons. The Bertz CT molecular complexity index is 669. The summed E-state index contributed by atoms with van der Waals surface area (Å²) in [7, 11) is -4.10. The fourth-order valence-electron chi connectivity index (χ4n) is 2.00. The van der Waals surface area contributed by atoms with Crippen LogP contribution in [0.3, 0.4) is 0 Å². The van der Waals surface area contributed by atoms with Gasteiger partial charge in [0.15, 0.2) is 0 Å². The van der Waals surface area contributed by atoms with Crippen LogP contribution in [0.15, 0.2) is 21.5 Å². The van der Waals surface area contributed by atoms with Crippen molar-refractivity contribution in [2.45, 2.75) is 57.3 Å². The Kier molecular flexibility index (Phi) is 4.32. The molecule has 1 N–H and O–H groups in total. The van der Waals surface area contributed by atoms with Crippen LogP contribution in [-0.2, 0) is 20.9 Å². The summed E-state index contributed by atoms with van der Waals surface area (Å²) in [5.74, 6) is 0.0786. The molecule has 0 bridgehead atoms. The van der Waals surface area contributed by atoms with E-state index in [0.29, 0.717) is 11.1 Å². The summed E-state index contributed by atoms with van der Waals surface area (Å²) < 4.78 is 26.9. The Balaban J connectivity index is 3.84. The van der Waals surface area contributed by atoms with Crippen molar-refractivity contribution < 1.29 is 13.5 Å². The quantitative estimate of drug-likeness (QED) is 0.507. The summed E-state index contributed by atoms with van der Waals surface area (Å²) in [6, 6.07) is 2.74. The van der Waals surface area contributed by atoms with E-state index in [2.05, 4.69) is 9.43 Å². The normalized spacial score (nSPS) is 12.9. The zero-order chi connectivity index (χ0) is 16.6. The molecule has 0 aliphatic heterocycles. The van der Waals surface area contributed by atoms with E-state index < -0.39 is 20.9 Å². The number of nitrogens with zero attached hydrogens (tertiary/aromatic N) is 3. The lowest BCUT2D eigenvalue weighted by Crippen LogP contribution is -2.18. The first-order valence-corrected chi connectivity index (χ1v) is 7.94. The lowest BCUT2D eigenvalue weighted by atomic mass is 9.79. The van der Waals surface area contributed by atoms with Gasteiger partial charge in [-0.1, -0.05) is 41.5 Å². The largest absolute Gasteiger partial charge is 0.507 e. The molecule has 0 unspecified atom stereocenters. The number of rotatable bonds is 2. The maximum Gasteiger partial charge on any atom is 0.264 e. The van der Waals surface area contributed by atoms with Gasteiger partial charge in [0.05, 0.1) is 4.90 Å². The summed E-state index contributed by atoms with van der Waals surface area (Å²) in [6.07, 6.45) is 0. The Morgan fingerprint density at radius 3 is 1.71 bits per heavy atom. The molecule has 1 aromatic carbocycles. The van der Waals surface area contributed by atoms with Crippen LogP contribution in [0.25, 0.3) is 10.4 Å². The molecular weight excluding hydrogens is 290 g/mol. The molecule has 0 heterocycles. The molecule has 6 nitrogen and oxygen atoms in total. The summed E-state index contributed by atoms with van der Waals surface area (Å²) in [4.78, 5) is 2.26. The van der Waals surface area contributed by atoms with E-state index in [1.807, 2.05) is 41.5 Å². The molecule has 0 amide bonds. The van der Waals surface area contributed by atoms with Gasteiger partial charge in [-0.3, -0.25) is 0 Å². The van der Waals surface area contributed by atoms with E-state index >= 15 is 0 Å². The zero-order valence-electron chi connectivity index (χ0n) is 13.2. The van der Waals surface area contributed by atoms with E-state index in [-0.39, 0.29) is 10.6 Å². The Hall–Kier alpha value is -1.72. The SMILES string of the molecule is CC(C)(C)c1cc(S(=O)(=O)N=[N+]=[N-])cc(C(C)(C)C)c1O. The van der Waals surface area contributed by atoms with Crippen molar-refractivity contribution in [2.75, 3.05) is 0 Å². The van der Waals surface area contributed by atoms with E-state index in [4.69, 9.17) is 5.53 Å². The summed E-state index contributed by atoms with van der Waals surface area (Å²) in [5, 5.41) is 10.5. The third-order valence-electron chi connectivity index (χ3n) is 3.14. The summed E-state index contributed by atoms with van der Waals surface area (Å²) in [5.41, 5.74) is 8.50. The van der Waals surface area contributed by atoms with Crippen molar-refractivity contribution in [1.82, 2.24) is 0 Å². The average molecular weight is 311 g/mol. The number of azide groups is 1. The van der Waals surface area contributed by atoms with E-state index in [9.17, 15) is 13.5 Å². The molecule has 116 valence electrons. The van der Waals surface area contributed by atoms with Crippen LogP contribution in [0.5, 0.6) is 5.75 Å². The van der Waals surface area contributed by atoms with Gasteiger partial charge in [0.1, 0.15) is 5.75 Å². The predicted molar refractivity (Wildman–Crippen MR) is 81.8 cm³/mol. The summed E-state index contributed by atoms with van der Waals surface area (Å²) in [6.45, 7) is 11.2. The van der Waals surface area contributed by atoms with Gasteiger partial charge in [-0.15, -0.1) is 0 Å². The van der Waals surface area contributed by atoms with Crippen LogP contribution < -0.4 is 0 Å². The average Bonchev–Trinajstić information content (AvgIpc) is 2.25. The molecule has 7 heteroatoms. The molecular formula is C14H21N3O3S. The second-order valence-electron chi connectivity index (χ2n) is 7.01. The maximum atomic E-state index is 12.0. The van der Waals surface area contributed by atoms with Crippen molar-refractivity contribution in [3.05, 3.63) is 33.7 Å². The molecule has 0 aliphatic rings. The van der Waals surface area contributed by atoms with Crippen LogP contribution in [-0.4, -0.2) is 13.5 Å². The number of phenols is 1. The molecule has 0 aromatic heterocycles. The second kappa shape index (κ2) is 5.24.